The van der Waals surface area contributed by atoms with Crippen molar-refractivity contribution in [3.8, 4) is 0 Å². The molecule has 0 amide bonds. The van der Waals surface area contributed by atoms with Crippen molar-refractivity contribution in [1.82, 2.24) is 0 Å². The summed E-state index contributed by atoms with van der Waals surface area (Å²) in [4.78, 5) is 22.3. The molecule has 0 fully saturated rings. The van der Waals surface area contributed by atoms with Crippen molar-refractivity contribution in [3.63, 3.8) is 0 Å². The van der Waals surface area contributed by atoms with Gasteiger partial charge < -0.3 is 4.42 Å². The quantitative estimate of drug-likeness (QED) is 0.521. The Labute approximate surface area is 112 Å². The zero-order valence-corrected chi connectivity index (χ0v) is 11.6. The first kappa shape index (κ1) is 11.1. The summed E-state index contributed by atoms with van der Waals surface area (Å²) in [6.45, 7) is 0. The van der Waals surface area contributed by atoms with Crippen molar-refractivity contribution in [1.29, 1.82) is 0 Å². The molecule has 0 spiro atoms. The van der Waals surface area contributed by atoms with Gasteiger partial charge >= 0.3 is 0 Å². The van der Waals surface area contributed by atoms with E-state index in [-0.39, 0.29) is 11.0 Å². The predicted molar refractivity (Wildman–Crippen MR) is 73.3 cm³/mol. The monoisotopic (exact) mass is 426 g/mol. The van der Waals surface area contributed by atoms with Gasteiger partial charge in [0, 0.05) is 3.57 Å². The molecule has 3 nitrogen and oxygen atoms in total. The largest absolute Gasteiger partial charge is 0.462 e. The van der Waals surface area contributed by atoms with E-state index in [9.17, 15) is 9.59 Å². The van der Waals surface area contributed by atoms with Crippen LogP contribution in [0.2, 0.25) is 0 Å². The third kappa shape index (κ3) is 1.94. The number of carbonyl (C=O) groups excluding carboxylic acids is 1. The molecule has 1 aromatic heterocycles. The van der Waals surface area contributed by atoms with Gasteiger partial charge in [0.2, 0.25) is 5.43 Å². The maximum atomic E-state index is 11.8. The fourth-order valence-corrected chi connectivity index (χ4v) is 3.23. The normalized spacial score (nSPS) is 10.5. The zero-order chi connectivity index (χ0) is 11.0. The van der Waals surface area contributed by atoms with Crippen LogP contribution in [0.25, 0.3) is 11.0 Å². The molecule has 2 rings (SSSR count). The summed E-state index contributed by atoms with van der Waals surface area (Å²) < 4.78 is 7.07. The summed E-state index contributed by atoms with van der Waals surface area (Å²) in [5, 5.41) is 0.455. The highest BCUT2D eigenvalue weighted by Gasteiger charge is 2.09. The Morgan fingerprint density at radius 1 is 1.27 bits per heavy atom. The van der Waals surface area contributed by atoms with Crippen LogP contribution in [-0.2, 0) is 0 Å². The maximum absolute atomic E-state index is 11.8. The summed E-state index contributed by atoms with van der Waals surface area (Å²) in [7, 11) is 0. The van der Waals surface area contributed by atoms with Gasteiger partial charge in [-0.3, -0.25) is 9.59 Å². The van der Waals surface area contributed by atoms with Crippen molar-refractivity contribution in [2.45, 2.75) is 0 Å². The maximum Gasteiger partial charge on any atom is 0.203 e. The standard InChI is InChI=1S/C10H4I2O3/c11-6-1-7-9(14)5(3-13)4-15-10(7)8(12)2-6/h1-4H. The predicted octanol–water partition coefficient (Wildman–Crippen LogP) is 2.81. The number of halogens is 2. The lowest BCUT2D eigenvalue weighted by Gasteiger charge is -2.00. The second-order valence-electron chi connectivity index (χ2n) is 2.90. The average Bonchev–Trinajstić information content (AvgIpc) is 2.19. The lowest BCUT2D eigenvalue weighted by Crippen LogP contribution is -2.08. The number of aldehydes is 1. The first-order chi connectivity index (χ1) is 7.13. The molecule has 2 aromatic rings. The van der Waals surface area contributed by atoms with Gasteiger partial charge in [0.05, 0.1) is 14.5 Å². The van der Waals surface area contributed by atoms with Crippen LogP contribution in [0.15, 0.2) is 27.6 Å². The molecule has 1 aromatic carbocycles. The van der Waals surface area contributed by atoms with Crippen LogP contribution >= 0.6 is 45.2 Å². The molecule has 0 atom stereocenters. The molecule has 0 unspecified atom stereocenters. The molecule has 5 heteroatoms. The zero-order valence-electron chi connectivity index (χ0n) is 7.29. The van der Waals surface area contributed by atoms with Crippen LogP contribution in [-0.4, -0.2) is 6.29 Å². The van der Waals surface area contributed by atoms with E-state index in [0.717, 1.165) is 7.14 Å². The highest BCUT2D eigenvalue weighted by Crippen LogP contribution is 2.21. The minimum atomic E-state index is -0.275. The van der Waals surface area contributed by atoms with E-state index in [2.05, 4.69) is 45.2 Å². The molecular weight excluding hydrogens is 422 g/mol. The fraction of sp³-hybridized carbons (Fsp3) is 0. The summed E-state index contributed by atoms with van der Waals surface area (Å²) in [5.41, 5.74) is 0.314. The van der Waals surface area contributed by atoms with Gasteiger partial charge in [-0.15, -0.1) is 0 Å². The number of rotatable bonds is 1. The van der Waals surface area contributed by atoms with Crippen LogP contribution < -0.4 is 5.43 Å². The Morgan fingerprint density at radius 3 is 2.67 bits per heavy atom. The number of hydrogen-bond donors (Lipinski definition) is 0. The molecular formula is C10H4I2O3. The summed E-state index contributed by atoms with van der Waals surface area (Å²) in [5.74, 6) is 0. The number of fused-ring (bicyclic) bond motifs is 1. The molecule has 0 saturated carbocycles. The number of benzene rings is 1. The first-order valence-corrected chi connectivity index (χ1v) is 6.15. The summed E-state index contributed by atoms with van der Waals surface area (Å²) in [6, 6.07) is 3.63. The molecule has 0 radical (unpaired) electrons. The lowest BCUT2D eigenvalue weighted by atomic mass is 10.2. The Kier molecular flexibility index (Phi) is 3.10. The van der Waals surface area contributed by atoms with Crippen molar-refractivity contribution in [2.24, 2.45) is 0 Å². The fourth-order valence-electron chi connectivity index (χ4n) is 1.26. The lowest BCUT2D eigenvalue weighted by molar-refractivity contribution is 0.112. The van der Waals surface area contributed by atoms with E-state index in [1.54, 1.807) is 6.07 Å². The van der Waals surface area contributed by atoms with Gasteiger partial charge in [0.1, 0.15) is 6.26 Å². The van der Waals surface area contributed by atoms with Crippen molar-refractivity contribution in [2.75, 3.05) is 0 Å². The molecule has 15 heavy (non-hydrogen) atoms. The number of carbonyl (C=O) groups is 1. The van der Waals surface area contributed by atoms with Gasteiger partial charge in [0.15, 0.2) is 11.9 Å². The minimum absolute atomic E-state index is 0.0558. The molecule has 0 aliphatic rings. The highest BCUT2D eigenvalue weighted by atomic mass is 127. The first-order valence-electron chi connectivity index (χ1n) is 3.99. The Hall–Kier alpha value is -0.440. The SMILES string of the molecule is O=Cc1coc2c(I)cc(I)cc2c1=O. The molecule has 76 valence electrons. The van der Waals surface area contributed by atoms with Gasteiger partial charge in [-0.1, -0.05) is 0 Å². The Morgan fingerprint density at radius 2 is 2.00 bits per heavy atom. The molecule has 0 bridgehead atoms. The van der Waals surface area contributed by atoms with E-state index in [1.165, 1.54) is 6.26 Å². The summed E-state index contributed by atoms with van der Waals surface area (Å²) in [6.07, 6.45) is 1.71. The Bertz CT molecular complexity index is 601. The van der Waals surface area contributed by atoms with E-state index < -0.39 is 0 Å². The summed E-state index contributed by atoms with van der Waals surface area (Å²) >= 11 is 4.22. The highest BCUT2D eigenvalue weighted by molar-refractivity contribution is 14.1. The van der Waals surface area contributed by atoms with Gasteiger partial charge in [-0.25, -0.2) is 0 Å². The molecule has 0 N–H and O–H groups in total. The average molecular weight is 426 g/mol. The number of hydrogen-bond acceptors (Lipinski definition) is 3. The smallest absolute Gasteiger partial charge is 0.203 e. The Balaban J connectivity index is 2.99. The van der Waals surface area contributed by atoms with Crippen LogP contribution in [0, 0.1) is 7.14 Å². The van der Waals surface area contributed by atoms with Gasteiger partial charge in [-0.2, -0.15) is 0 Å². The van der Waals surface area contributed by atoms with Crippen LogP contribution in [0.4, 0.5) is 0 Å². The van der Waals surface area contributed by atoms with Crippen molar-refractivity contribution < 1.29 is 9.21 Å². The third-order valence-electron chi connectivity index (χ3n) is 1.95. The molecule has 0 saturated heterocycles. The van der Waals surface area contributed by atoms with Gasteiger partial charge in [-0.05, 0) is 57.3 Å². The van der Waals surface area contributed by atoms with Gasteiger partial charge in [0.25, 0.3) is 0 Å². The van der Waals surface area contributed by atoms with Crippen LogP contribution in [0.1, 0.15) is 10.4 Å². The van der Waals surface area contributed by atoms with E-state index >= 15 is 0 Å². The third-order valence-corrected chi connectivity index (χ3v) is 3.37. The molecule has 0 aliphatic heterocycles. The second-order valence-corrected chi connectivity index (χ2v) is 5.31. The van der Waals surface area contributed by atoms with Crippen LogP contribution in [0.3, 0.4) is 0 Å². The second kappa shape index (κ2) is 4.20. The van der Waals surface area contributed by atoms with E-state index in [0.29, 0.717) is 17.3 Å². The van der Waals surface area contributed by atoms with Crippen LogP contribution in [0.5, 0.6) is 0 Å². The molecule has 0 aliphatic carbocycles. The van der Waals surface area contributed by atoms with E-state index in [1.807, 2.05) is 6.07 Å². The molecule has 1 heterocycles. The van der Waals surface area contributed by atoms with E-state index in [4.69, 9.17) is 4.42 Å². The topological polar surface area (TPSA) is 47.3 Å². The van der Waals surface area contributed by atoms with Crippen molar-refractivity contribution in [3.05, 3.63) is 41.3 Å². The van der Waals surface area contributed by atoms with Crippen molar-refractivity contribution >= 4 is 62.4 Å². The minimum Gasteiger partial charge on any atom is -0.462 e.